The molecule has 1 aromatic heterocycles. The van der Waals surface area contributed by atoms with Gasteiger partial charge in [-0.2, -0.15) is 5.10 Å². The lowest BCUT2D eigenvalue weighted by atomic mass is 10.2. The van der Waals surface area contributed by atoms with Gasteiger partial charge in [0.05, 0.1) is 23.1 Å². The zero-order valence-corrected chi connectivity index (χ0v) is 8.33. The second kappa shape index (κ2) is 4.18. The molecule has 0 atom stereocenters. The molecule has 80 valence electrons. The minimum absolute atomic E-state index is 0.180. The van der Waals surface area contributed by atoms with Gasteiger partial charge in [0.1, 0.15) is 0 Å². The third-order valence-corrected chi connectivity index (χ3v) is 2.26. The molecule has 0 amide bonds. The number of H-pyrrole nitrogens is 1. The molecule has 5 heteroatoms. The van der Waals surface area contributed by atoms with Crippen molar-refractivity contribution >= 4 is 22.3 Å². The SMILES string of the molecule is Nc1cc2cn[nH]c2cc1NCCCO. The van der Waals surface area contributed by atoms with Gasteiger partial charge in [0.15, 0.2) is 0 Å². The Bertz CT molecular complexity index is 452. The number of aliphatic hydroxyl groups excluding tert-OH is 1. The van der Waals surface area contributed by atoms with Crippen LogP contribution in [0.5, 0.6) is 0 Å². The summed E-state index contributed by atoms with van der Waals surface area (Å²) in [5.74, 6) is 0. The van der Waals surface area contributed by atoms with Gasteiger partial charge in [-0.1, -0.05) is 0 Å². The Balaban J connectivity index is 2.22. The third-order valence-electron chi connectivity index (χ3n) is 2.26. The first kappa shape index (κ1) is 9.79. The maximum Gasteiger partial charge on any atom is 0.0672 e. The molecule has 0 unspecified atom stereocenters. The van der Waals surface area contributed by atoms with E-state index in [0.29, 0.717) is 18.7 Å². The Morgan fingerprint density at radius 1 is 1.47 bits per heavy atom. The Labute approximate surface area is 87.3 Å². The predicted molar refractivity (Wildman–Crippen MR) is 60.7 cm³/mol. The maximum absolute atomic E-state index is 8.66. The van der Waals surface area contributed by atoms with Crippen molar-refractivity contribution in [1.82, 2.24) is 10.2 Å². The van der Waals surface area contributed by atoms with Crippen LogP contribution in [0.25, 0.3) is 10.9 Å². The van der Waals surface area contributed by atoms with E-state index < -0.39 is 0 Å². The Kier molecular flexibility index (Phi) is 2.73. The first-order valence-corrected chi connectivity index (χ1v) is 4.88. The Morgan fingerprint density at radius 2 is 2.33 bits per heavy atom. The van der Waals surface area contributed by atoms with Gasteiger partial charge in [-0.3, -0.25) is 5.10 Å². The number of nitrogens with zero attached hydrogens (tertiary/aromatic N) is 1. The van der Waals surface area contributed by atoms with Crippen LogP contribution in [0.4, 0.5) is 11.4 Å². The monoisotopic (exact) mass is 206 g/mol. The van der Waals surface area contributed by atoms with E-state index in [1.165, 1.54) is 0 Å². The van der Waals surface area contributed by atoms with E-state index in [4.69, 9.17) is 10.8 Å². The lowest BCUT2D eigenvalue weighted by Crippen LogP contribution is -2.05. The lowest BCUT2D eigenvalue weighted by molar-refractivity contribution is 0.292. The standard InChI is InChI=1S/C10H14N4O/c11-8-4-7-6-13-14-9(7)5-10(8)12-2-1-3-15/h4-6,12,15H,1-3,11H2,(H,13,14). The third kappa shape index (κ3) is 2.02. The first-order chi connectivity index (χ1) is 7.31. The molecule has 0 fully saturated rings. The molecule has 0 aliphatic rings. The summed E-state index contributed by atoms with van der Waals surface area (Å²) in [7, 11) is 0. The van der Waals surface area contributed by atoms with Gasteiger partial charge in [-0.15, -0.1) is 0 Å². The number of hydrogen-bond acceptors (Lipinski definition) is 4. The number of aliphatic hydroxyl groups is 1. The van der Waals surface area contributed by atoms with Crippen molar-refractivity contribution in [1.29, 1.82) is 0 Å². The number of fused-ring (bicyclic) bond motifs is 1. The van der Waals surface area contributed by atoms with Crippen LogP contribution < -0.4 is 11.1 Å². The molecule has 5 N–H and O–H groups in total. The van der Waals surface area contributed by atoms with E-state index in [9.17, 15) is 0 Å². The fraction of sp³-hybridized carbons (Fsp3) is 0.300. The van der Waals surface area contributed by atoms with Gasteiger partial charge in [0.2, 0.25) is 0 Å². The maximum atomic E-state index is 8.66. The van der Waals surface area contributed by atoms with Gasteiger partial charge in [0, 0.05) is 18.5 Å². The molecule has 1 aromatic carbocycles. The van der Waals surface area contributed by atoms with E-state index >= 15 is 0 Å². The first-order valence-electron chi connectivity index (χ1n) is 4.88. The molecule has 0 aliphatic heterocycles. The van der Waals surface area contributed by atoms with Crippen molar-refractivity contribution in [3.05, 3.63) is 18.3 Å². The fourth-order valence-electron chi connectivity index (χ4n) is 1.46. The number of nitrogens with two attached hydrogens (primary N) is 1. The molecule has 15 heavy (non-hydrogen) atoms. The minimum Gasteiger partial charge on any atom is -0.397 e. The second-order valence-corrected chi connectivity index (χ2v) is 3.40. The van der Waals surface area contributed by atoms with Crippen molar-refractivity contribution in [2.45, 2.75) is 6.42 Å². The molecule has 1 heterocycles. The smallest absolute Gasteiger partial charge is 0.0672 e. The summed E-state index contributed by atoms with van der Waals surface area (Å²) in [5, 5.41) is 19.6. The highest BCUT2D eigenvalue weighted by Crippen LogP contribution is 2.24. The number of nitrogen functional groups attached to an aromatic ring is 1. The molecule has 0 radical (unpaired) electrons. The van der Waals surface area contributed by atoms with Gasteiger partial charge in [0.25, 0.3) is 0 Å². The zero-order chi connectivity index (χ0) is 10.7. The van der Waals surface area contributed by atoms with E-state index in [2.05, 4.69) is 15.5 Å². The summed E-state index contributed by atoms with van der Waals surface area (Å²) < 4.78 is 0. The minimum atomic E-state index is 0.180. The van der Waals surface area contributed by atoms with Crippen LogP contribution in [-0.2, 0) is 0 Å². The topological polar surface area (TPSA) is 87.0 Å². The van der Waals surface area contributed by atoms with Crippen molar-refractivity contribution in [2.24, 2.45) is 0 Å². The Morgan fingerprint density at radius 3 is 3.13 bits per heavy atom. The van der Waals surface area contributed by atoms with Crippen molar-refractivity contribution in [3.8, 4) is 0 Å². The summed E-state index contributed by atoms with van der Waals surface area (Å²) in [6, 6.07) is 3.80. The van der Waals surface area contributed by atoms with E-state index in [0.717, 1.165) is 16.6 Å². The highest BCUT2D eigenvalue weighted by molar-refractivity contribution is 5.88. The van der Waals surface area contributed by atoms with Gasteiger partial charge in [-0.05, 0) is 18.6 Å². The van der Waals surface area contributed by atoms with E-state index in [1.807, 2.05) is 12.1 Å². The summed E-state index contributed by atoms with van der Waals surface area (Å²) in [5.41, 5.74) is 8.39. The van der Waals surface area contributed by atoms with Crippen LogP contribution in [0.3, 0.4) is 0 Å². The van der Waals surface area contributed by atoms with Crippen molar-refractivity contribution in [2.75, 3.05) is 24.2 Å². The number of aromatic nitrogens is 2. The highest BCUT2D eigenvalue weighted by Gasteiger charge is 2.02. The fourth-order valence-corrected chi connectivity index (χ4v) is 1.46. The number of aromatic amines is 1. The molecule has 0 saturated heterocycles. The van der Waals surface area contributed by atoms with E-state index in [-0.39, 0.29) is 6.61 Å². The zero-order valence-electron chi connectivity index (χ0n) is 8.33. The average molecular weight is 206 g/mol. The molecule has 5 nitrogen and oxygen atoms in total. The quantitative estimate of drug-likeness (QED) is 0.443. The van der Waals surface area contributed by atoms with Crippen molar-refractivity contribution in [3.63, 3.8) is 0 Å². The number of rotatable bonds is 4. The number of nitrogens with one attached hydrogen (secondary N) is 2. The number of hydrogen-bond donors (Lipinski definition) is 4. The molecule has 0 bridgehead atoms. The van der Waals surface area contributed by atoms with Crippen molar-refractivity contribution < 1.29 is 5.11 Å². The largest absolute Gasteiger partial charge is 0.397 e. The molecule has 2 aromatic rings. The molecule has 2 rings (SSSR count). The van der Waals surface area contributed by atoms with Crippen LogP contribution in [0, 0.1) is 0 Å². The van der Waals surface area contributed by atoms with Crippen LogP contribution in [-0.4, -0.2) is 28.5 Å². The highest BCUT2D eigenvalue weighted by atomic mass is 16.3. The van der Waals surface area contributed by atoms with Gasteiger partial charge in [-0.25, -0.2) is 0 Å². The molecule has 0 saturated carbocycles. The molecule has 0 spiro atoms. The molecular weight excluding hydrogens is 192 g/mol. The predicted octanol–water partition coefficient (Wildman–Crippen LogP) is 0.939. The van der Waals surface area contributed by atoms with Crippen LogP contribution in [0.2, 0.25) is 0 Å². The normalized spacial score (nSPS) is 10.7. The lowest BCUT2D eigenvalue weighted by Gasteiger charge is -2.08. The van der Waals surface area contributed by atoms with Crippen LogP contribution >= 0.6 is 0 Å². The van der Waals surface area contributed by atoms with Gasteiger partial charge >= 0.3 is 0 Å². The summed E-state index contributed by atoms with van der Waals surface area (Å²) in [6.07, 6.45) is 2.45. The molecule has 0 aliphatic carbocycles. The molecular formula is C10H14N4O. The van der Waals surface area contributed by atoms with Crippen LogP contribution in [0.15, 0.2) is 18.3 Å². The van der Waals surface area contributed by atoms with E-state index in [1.54, 1.807) is 6.20 Å². The number of anilines is 2. The van der Waals surface area contributed by atoms with Gasteiger partial charge < -0.3 is 16.2 Å². The number of benzene rings is 1. The van der Waals surface area contributed by atoms with Crippen LogP contribution in [0.1, 0.15) is 6.42 Å². The second-order valence-electron chi connectivity index (χ2n) is 3.40. The Hall–Kier alpha value is -1.75. The summed E-state index contributed by atoms with van der Waals surface area (Å²) >= 11 is 0. The average Bonchev–Trinajstić information content (AvgIpc) is 2.65. The summed E-state index contributed by atoms with van der Waals surface area (Å²) in [6.45, 7) is 0.888. The summed E-state index contributed by atoms with van der Waals surface area (Å²) in [4.78, 5) is 0.